The van der Waals surface area contributed by atoms with Gasteiger partial charge in [-0.3, -0.25) is 4.98 Å². The van der Waals surface area contributed by atoms with Crippen molar-refractivity contribution in [3.63, 3.8) is 0 Å². The minimum Gasteiger partial charge on any atom is -0.505 e. The number of aromatic hydroxyl groups is 1. The number of benzene rings is 2. The molecule has 0 fully saturated rings. The lowest BCUT2D eigenvalue weighted by Gasteiger charge is -2.22. The topological polar surface area (TPSA) is 82.5 Å². The summed E-state index contributed by atoms with van der Waals surface area (Å²) in [5.41, 5.74) is 1.83. The van der Waals surface area contributed by atoms with Crippen LogP contribution in [0.3, 0.4) is 0 Å². The molecule has 27 heavy (non-hydrogen) atoms. The summed E-state index contributed by atoms with van der Waals surface area (Å²) in [7, 11) is 0. The van der Waals surface area contributed by atoms with Gasteiger partial charge in [0.2, 0.25) is 0 Å². The van der Waals surface area contributed by atoms with E-state index in [1.54, 1.807) is 30.5 Å². The number of fused-ring (bicyclic) bond motifs is 1. The summed E-state index contributed by atoms with van der Waals surface area (Å²) in [5.74, 6) is -0.917. The fourth-order valence-corrected chi connectivity index (χ4v) is 3.88. The number of pyridine rings is 1. The van der Waals surface area contributed by atoms with Crippen molar-refractivity contribution in [1.29, 1.82) is 0 Å². The summed E-state index contributed by atoms with van der Waals surface area (Å²) in [4.78, 5) is 16.8. The van der Waals surface area contributed by atoms with E-state index in [9.17, 15) is 15.0 Å². The molecule has 0 spiro atoms. The summed E-state index contributed by atoms with van der Waals surface area (Å²) in [5, 5.41) is 26.4. The van der Waals surface area contributed by atoms with Crippen molar-refractivity contribution in [1.82, 2.24) is 4.98 Å². The number of aromatic nitrogens is 1. The molecule has 3 N–H and O–H groups in total. The summed E-state index contributed by atoms with van der Waals surface area (Å²) < 4.78 is 0. The Kier molecular flexibility index (Phi) is 4.48. The quantitative estimate of drug-likeness (QED) is 0.461. The maximum Gasteiger partial charge on any atom is 0.337 e. The second kappa shape index (κ2) is 7.09. The lowest BCUT2D eigenvalue weighted by molar-refractivity contribution is 0.0698. The number of nitrogens with zero attached hydrogens (tertiary/aromatic N) is 1. The Bertz CT molecular complexity index is 1110. The normalized spacial score (nSPS) is 12.0. The number of aromatic carboxylic acids is 1. The van der Waals surface area contributed by atoms with E-state index in [-0.39, 0.29) is 11.3 Å². The van der Waals surface area contributed by atoms with Crippen LogP contribution >= 0.6 is 11.3 Å². The fourth-order valence-electron chi connectivity index (χ4n) is 3.09. The zero-order valence-electron chi connectivity index (χ0n) is 14.2. The number of hydrogen-bond acceptors (Lipinski definition) is 5. The zero-order valence-corrected chi connectivity index (χ0v) is 15.0. The summed E-state index contributed by atoms with van der Waals surface area (Å²) >= 11 is 1.53. The Morgan fingerprint density at radius 3 is 2.67 bits per heavy atom. The van der Waals surface area contributed by atoms with E-state index in [1.807, 2.05) is 41.8 Å². The average molecular weight is 376 g/mol. The fraction of sp³-hybridized carbons (Fsp3) is 0.0476. The number of phenolic OH excluding ortho intramolecular Hbond substituents is 1. The third kappa shape index (κ3) is 3.22. The molecule has 0 saturated heterocycles. The molecular formula is C21H16N2O3S. The Hall–Kier alpha value is -3.38. The second-order valence-electron chi connectivity index (χ2n) is 6.02. The molecule has 4 aromatic rings. The first-order valence-electron chi connectivity index (χ1n) is 8.34. The standard InChI is InChI=1S/C21H16N2O3S/c24-20-15(10-9-13-5-3-11-22-18(13)20)19(17-8-4-12-27-17)23-16-7-2-1-6-14(16)21(25)26/h1-12,19,23-24H,(H,25,26). The molecule has 1 unspecified atom stereocenters. The van der Waals surface area contributed by atoms with Crippen LogP contribution in [-0.4, -0.2) is 21.2 Å². The number of carbonyl (C=O) groups is 1. The molecule has 1 atom stereocenters. The number of para-hydroxylation sites is 1. The SMILES string of the molecule is O=C(O)c1ccccc1NC(c1cccs1)c1ccc2cccnc2c1O. The number of thiophene rings is 1. The lowest BCUT2D eigenvalue weighted by atomic mass is 10.0. The minimum absolute atomic E-state index is 0.0896. The van der Waals surface area contributed by atoms with Crippen molar-refractivity contribution in [2.75, 3.05) is 5.32 Å². The molecule has 0 saturated carbocycles. The van der Waals surface area contributed by atoms with Gasteiger partial charge in [-0.05, 0) is 29.6 Å². The Balaban J connectivity index is 1.85. The molecule has 5 nitrogen and oxygen atoms in total. The number of carboxylic acids is 1. The van der Waals surface area contributed by atoms with E-state index >= 15 is 0 Å². The van der Waals surface area contributed by atoms with E-state index in [2.05, 4.69) is 10.3 Å². The van der Waals surface area contributed by atoms with Crippen molar-refractivity contribution >= 4 is 33.9 Å². The van der Waals surface area contributed by atoms with Crippen LogP contribution in [0.15, 0.2) is 72.2 Å². The molecule has 2 heterocycles. The largest absolute Gasteiger partial charge is 0.505 e. The predicted octanol–water partition coefficient (Wildman–Crippen LogP) is 4.90. The van der Waals surface area contributed by atoms with Gasteiger partial charge in [0.25, 0.3) is 0 Å². The monoisotopic (exact) mass is 376 g/mol. The van der Waals surface area contributed by atoms with Crippen LogP contribution < -0.4 is 5.32 Å². The molecular weight excluding hydrogens is 360 g/mol. The van der Waals surface area contributed by atoms with Gasteiger partial charge in [-0.25, -0.2) is 4.79 Å². The summed E-state index contributed by atoms with van der Waals surface area (Å²) in [6, 6.07) is 17.7. The van der Waals surface area contributed by atoms with E-state index in [0.29, 0.717) is 16.8 Å². The molecule has 0 amide bonds. The molecule has 0 bridgehead atoms. The first-order chi connectivity index (χ1) is 13.1. The summed E-state index contributed by atoms with van der Waals surface area (Å²) in [6.45, 7) is 0. The number of nitrogens with one attached hydrogen (secondary N) is 1. The first-order valence-corrected chi connectivity index (χ1v) is 9.22. The number of phenols is 1. The average Bonchev–Trinajstić information content (AvgIpc) is 3.22. The van der Waals surface area contributed by atoms with Gasteiger partial charge >= 0.3 is 5.97 Å². The van der Waals surface area contributed by atoms with Gasteiger partial charge in [-0.15, -0.1) is 11.3 Å². The Morgan fingerprint density at radius 2 is 1.89 bits per heavy atom. The highest BCUT2D eigenvalue weighted by molar-refractivity contribution is 7.10. The van der Waals surface area contributed by atoms with Gasteiger partial charge in [0.15, 0.2) is 0 Å². The van der Waals surface area contributed by atoms with Gasteiger partial charge in [-0.2, -0.15) is 0 Å². The highest BCUT2D eigenvalue weighted by Crippen LogP contribution is 2.38. The molecule has 2 aromatic carbocycles. The maximum atomic E-state index is 11.6. The number of anilines is 1. The smallest absolute Gasteiger partial charge is 0.337 e. The molecule has 6 heteroatoms. The van der Waals surface area contributed by atoms with Crippen LogP contribution in [0, 0.1) is 0 Å². The number of carboxylic acid groups (broad SMARTS) is 1. The third-order valence-electron chi connectivity index (χ3n) is 4.38. The van der Waals surface area contributed by atoms with E-state index in [0.717, 1.165) is 10.3 Å². The first kappa shape index (κ1) is 17.1. The van der Waals surface area contributed by atoms with Crippen molar-refractivity contribution in [3.05, 3.63) is 88.2 Å². The molecule has 2 aromatic heterocycles. The van der Waals surface area contributed by atoms with Crippen molar-refractivity contribution in [3.8, 4) is 5.75 Å². The van der Waals surface area contributed by atoms with Crippen LogP contribution in [0.2, 0.25) is 0 Å². The zero-order chi connectivity index (χ0) is 18.8. The van der Waals surface area contributed by atoms with E-state index in [1.165, 1.54) is 11.3 Å². The highest BCUT2D eigenvalue weighted by atomic mass is 32.1. The van der Waals surface area contributed by atoms with Crippen LogP contribution in [0.5, 0.6) is 5.75 Å². The number of hydrogen-bond donors (Lipinski definition) is 3. The van der Waals surface area contributed by atoms with Crippen molar-refractivity contribution in [2.24, 2.45) is 0 Å². The lowest BCUT2D eigenvalue weighted by Crippen LogP contribution is -2.14. The minimum atomic E-state index is -1.01. The predicted molar refractivity (Wildman–Crippen MR) is 107 cm³/mol. The van der Waals surface area contributed by atoms with Crippen molar-refractivity contribution < 1.29 is 15.0 Å². The van der Waals surface area contributed by atoms with Crippen LogP contribution in [-0.2, 0) is 0 Å². The Morgan fingerprint density at radius 1 is 1.04 bits per heavy atom. The molecule has 4 rings (SSSR count). The van der Waals surface area contributed by atoms with Gasteiger partial charge < -0.3 is 15.5 Å². The maximum absolute atomic E-state index is 11.6. The van der Waals surface area contributed by atoms with Crippen LogP contribution in [0.4, 0.5) is 5.69 Å². The van der Waals surface area contributed by atoms with E-state index in [4.69, 9.17) is 0 Å². The van der Waals surface area contributed by atoms with Gasteiger partial charge in [0.1, 0.15) is 11.3 Å². The molecule has 134 valence electrons. The van der Waals surface area contributed by atoms with Gasteiger partial charge in [0, 0.05) is 27.7 Å². The van der Waals surface area contributed by atoms with Crippen LogP contribution in [0.25, 0.3) is 10.9 Å². The van der Waals surface area contributed by atoms with Gasteiger partial charge in [-0.1, -0.05) is 36.4 Å². The van der Waals surface area contributed by atoms with Crippen molar-refractivity contribution in [2.45, 2.75) is 6.04 Å². The van der Waals surface area contributed by atoms with Gasteiger partial charge in [0.05, 0.1) is 11.6 Å². The van der Waals surface area contributed by atoms with E-state index < -0.39 is 12.0 Å². The summed E-state index contributed by atoms with van der Waals surface area (Å²) in [6.07, 6.45) is 1.64. The second-order valence-corrected chi connectivity index (χ2v) is 7.00. The number of rotatable bonds is 5. The molecule has 0 aliphatic heterocycles. The third-order valence-corrected chi connectivity index (χ3v) is 5.31. The molecule has 0 aliphatic rings. The Labute approximate surface area is 159 Å². The highest BCUT2D eigenvalue weighted by Gasteiger charge is 2.22. The van der Waals surface area contributed by atoms with Crippen LogP contribution in [0.1, 0.15) is 26.8 Å². The molecule has 0 aliphatic carbocycles. The molecule has 0 radical (unpaired) electrons.